The Balaban J connectivity index is 1.64. The predicted molar refractivity (Wildman–Crippen MR) is 111 cm³/mol. The summed E-state index contributed by atoms with van der Waals surface area (Å²) < 4.78 is 0. The van der Waals surface area contributed by atoms with Crippen molar-refractivity contribution in [2.24, 2.45) is 0 Å². The molecule has 1 aromatic heterocycles. The lowest BCUT2D eigenvalue weighted by atomic mass is 10.2. The number of carbonyl (C=O) groups excluding carboxylic acids is 2. The molecule has 0 saturated heterocycles. The third-order valence-electron chi connectivity index (χ3n) is 3.85. The van der Waals surface area contributed by atoms with Crippen molar-refractivity contribution in [1.82, 2.24) is 9.88 Å². The quantitative estimate of drug-likeness (QED) is 0.632. The summed E-state index contributed by atoms with van der Waals surface area (Å²) in [6.07, 6.45) is 1.95. The lowest BCUT2D eigenvalue weighted by Gasteiger charge is -2.16. The van der Waals surface area contributed by atoms with E-state index >= 15 is 0 Å². The summed E-state index contributed by atoms with van der Waals surface area (Å²) in [7, 11) is 1.60. The van der Waals surface area contributed by atoms with E-state index in [4.69, 9.17) is 0 Å². The fourth-order valence-corrected chi connectivity index (χ4v) is 3.86. The summed E-state index contributed by atoms with van der Waals surface area (Å²) >= 11 is 2.97. The maximum absolute atomic E-state index is 12.6. The van der Waals surface area contributed by atoms with E-state index in [2.05, 4.69) is 10.3 Å². The van der Waals surface area contributed by atoms with Gasteiger partial charge < -0.3 is 10.2 Å². The van der Waals surface area contributed by atoms with Gasteiger partial charge in [0.1, 0.15) is 10.7 Å². The predicted octanol–water partition coefficient (Wildman–Crippen LogP) is 4.24. The summed E-state index contributed by atoms with van der Waals surface area (Å²) in [5, 5.41) is 5.37. The van der Waals surface area contributed by atoms with Gasteiger partial charge in [0.05, 0.1) is 12.2 Å². The Labute approximate surface area is 166 Å². The number of carbonyl (C=O) groups is 2. The first-order chi connectivity index (χ1) is 13.1. The Hall–Kier alpha value is -2.64. The van der Waals surface area contributed by atoms with Gasteiger partial charge in [0.25, 0.3) is 5.91 Å². The second kappa shape index (κ2) is 8.83. The molecule has 0 spiro atoms. The molecular formula is C20H19N3O2S2. The van der Waals surface area contributed by atoms with E-state index < -0.39 is 0 Å². The lowest BCUT2D eigenvalue weighted by molar-refractivity contribution is -0.116. The second-order valence-electron chi connectivity index (χ2n) is 5.81. The lowest BCUT2D eigenvalue weighted by Crippen LogP contribution is -2.35. The van der Waals surface area contributed by atoms with Crippen molar-refractivity contribution in [3.8, 4) is 10.6 Å². The van der Waals surface area contributed by atoms with Gasteiger partial charge >= 0.3 is 0 Å². The van der Waals surface area contributed by atoms with Crippen LogP contribution in [0.3, 0.4) is 0 Å². The number of thioether (sulfide) groups is 1. The van der Waals surface area contributed by atoms with Gasteiger partial charge in [-0.2, -0.15) is 0 Å². The van der Waals surface area contributed by atoms with Gasteiger partial charge in [-0.1, -0.05) is 42.5 Å². The summed E-state index contributed by atoms with van der Waals surface area (Å²) in [5.41, 5.74) is 2.06. The Morgan fingerprint density at radius 1 is 1.11 bits per heavy atom. The highest BCUT2D eigenvalue weighted by atomic mass is 32.2. The average molecular weight is 398 g/mol. The zero-order valence-corrected chi connectivity index (χ0v) is 16.6. The number of aromatic nitrogens is 1. The highest BCUT2D eigenvalue weighted by molar-refractivity contribution is 7.98. The van der Waals surface area contributed by atoms with Crippen molar-refractivity contribution < 1.29 is 9.59 Å². The molecule has 3 aromatic rings. The van der Waals surface area contributed by atoms with Gasteiger partial charge in [0.2, 0.25) is 5.91 Å². The molecule has 3 rings (SSSR count). The molecule has 2 amide bonds. The number of likely N-dealkylation sites (N-methyl/N-ethyl adjacent to an activating group) is 1. The van der Waals surface area contributed by atoms with Gasteiger partial charge in [-0.05, 0) is 18.4 Å². The van der Waals surface area contributed by atoms with E-state index in [1.807, 2.05) is 60.9 Å². The summed E-state index contributed by atoms with van der Waals surface area (Å²) in [4.78, 5) is 31.7. The number of benzene rings is 2. The number of rotatable bonds is 6. The normalized spacial score (nSPS) is 10.4. The molecule has 0 aliphatic rings. The summed E-state index contributed by atoms with van der Waals surface area (Å²) in [6, 6.07) is 17.3. The summed E-state index contributed by atoms with van der Waals surface area (Å²) in [5.74, 6) is -0.521. The van der Waals surface area contributed by atoms with Crippen molar-refractivity contribution >= 4 is 40.6 Å². The monoisotopic (exact) mass is 397 g/mol. The van der Waals surface area contributed by atoms with Crippen LogP contribution in [0.5, 0.6) is 0 Å². The topological polar surface area (TPSA) is 62.3 Å². The SMILES string of the molecule is CSc1ccccc1NC(=O)CN(C)C(=O)c1csc(-c2ccccc2)n1. The largest absolute Gasteiger partial charge is 0.331 e. The molecular weight excluding hydrogens is 378 g/mol. The number of para-hydroxylation sites is 1. The van der Waals surface area contributed by atoms with E-state index in [0.717, 1.165) is 21.2 Å². The van der Waals surface area contributed by atoms with Crippen LogP contribution < -0.4 is 5.32 Å². The van der Waals surface area contributed by atoms with Crippen LogP contribution >= 0.6 is 23.1 Å². The Morgan fingerprint density at radius 3 is 2.56 bits per heavy atom. The van der Waals surface area contributed by atoms with Crippen molar-refractivity contribution in [2.75, 3.05) is 25.2 Å². The zero-order valence-electron chi connectivity index (χ0n) is 15.0. The number of hydrogen-bond acceptors (Lipinski definition) is 5. The molecule has 0 aliphatic heterocycles. The number of nitrogens with zero attached hydrogens (tertiary/aromatic N) is 2. The number of thiazole rings is 1. The molecule has 0 saturated carbocycles. The molecule has 0 unspecified atom stereocenters. The van der Waals surface area contributed by atoms with Gasteiger partial charge in [0, 0.05) is 22.9 Å². The number of amides is 2. The highest BCUT2D eigenvalue weighted by Gasteiger charge is 2.19. The Kier molecular flexibility index (Phi) is 6.26. The van der Waals surface area contributed by atoms with Gasteiger partial charge in [-0.25, -0.2) is 4.98 Å². The molecule has 0 bridgehead atoms. The molecule has 0 fully saturated rings. The highest BCUT2D eigenvalue weighted by Crippen LogP contribution is 2.25. The molecule has 138 valence electrons. The Bertz CT molecular complexity index is 941. The molecule has 2 aromatic carbocycles. The standard InChI is InChI=1S/C20H19N3O2S2/c1-23(12-18(24)21-15-10-6-7-11-17(15)26-2)20(25)16-13-27-19(22-16)14-8-4-3-5-9-14/h3-11,13H,12H2,1-2H3,(H,21,24). The van der Waals surface area contributed by atoms with Crippen LogP contribution in [0, 0.1) is 0 Å². The minimum atomic E-state index is -0.276. The smallest absolute Gasteiger partial charge is 0.273 e. The third kappa shape index (κ3) is 4.75. The van der Waals surface area contributed by atoms with Crippen molar-refractivity contribution in [2.45, 2.75) is 4.90 Å². The summed E-state index contributed by atoms with van der Waals surface area (Å²) in [6.45, 7) is -0.0419. The average Bonchev–Trinajstić information content (AvgIpc) is 3.18. The van der Waals surface area contributed by atoms with Crippen molar-refractivity contribution in [3.05, 3.63) is 65.7 Å². The van der Waals surface area contributed by atoms with Crippen LogP contribution in [0.1, 0.15) is 10.5 Å². The van der Waals surface area contributed by atoms with Crippen LogP contribution in [-0.2, 0) is 4.79 Å². The molecule has 0 radical (unpaired) electrons. The molecule has 1 heterocycles. The van der Waals surface area contributed by atoms with Crippen LogP contribution in [-0.4, -0.2) is 41.5 Å². The van der Waals surface area contributed by atoms with E-state index in [9.17, 15) is 9.59 Å². The van der Waals surface area contributed by atoms with Gasteiger partial charge in [0.15, 0.2) is 0 Å². The minimum absolute atomic E-state index is 0.0419. The van der Waals surface area contributed by atoms with Crippen LogP contribution in [0.25, 0.3) is 10.6 Å². The molecule has 0 aliphatic carbocycles. The van der Waals surface area contributed by atoms with Crippen LogP contribution in [0.4, 0.5) is 5.69 Å². The number of nitrogens with one attached hydrogen (secondary N) is 1. The third-order valence-corrected chi connectivity index (χ3v) is 5.54. The van der Waals surface area contributed by atoms with E-state index in [1.54, 1.807) is 24.2 Å². The van der Waals surface area contributed by atoms with Gasteiger partial charge in [-0.3, -0.25) is 9.59 Å². The maximum Gasteiger partial charge on any atom is 0.273 e. The number of anilines is 1. The second-order valence-corrected chi connectivity index (χ2v) is 7.52. The zero-order chi connectivity index (χ0) is 19.2. The molecule has 1 N–H and O–H groups in total. The fourth-order valence-electron chi connectivity index (χ4n) is 2.51. The van der Waals surface area contributed by atoms with Crippen molar-refractivity contribution in [1.29, 1.82) is 0 Å². The molecule has 27 heavy (non-hydrogen) atoms. The van der Waals surface area contributed by atoms with E-state index in [-0.39, 0.29) is 18.4 Å². The first-order valence-corrected chi connectivity index (χ1v) is 10.4. The van der Waals surface area contributed by atoms with Gasteiger partial charge in [-0.15, -0.1) is 23.1 Å². The minimum Gasteiger partial charge on any atom is -0.331 e. The van der Waals surface area contributed by atoms with Crippen LogP contribution in [0.2, 0.25) is 0 Å². The van der Waals surface area contributed by atoms with Crippen LogP contribution in [0.15, 0.2) is 64.9 Å². The van der Waals surface area contributed by atoms with E-state index in [0.29, 0.717) is 5.69 Å². The maximum atomic E-state index is 12.6. The fraction of sp³-hybridized carbons (Fsp3) is 0.150. The first-order valence-electron chi connectivity index (χ1n) is 8.27. The van der Waals surface area contributed by atoms with Crippen molar-refractivity contribution in [3.63, 3.8) is 0 Å². The first kappa shape index (κ1) is 19.1. The molecule has 0 atom stereocenters. The molecule has 7 heteroatoms. The Morgan fingerprint density at radius 2 is 1.81 bits per heavy atom. The number of hydrogen-bond donors (Lipinski definition) is 1. The molecule has 5 nitrogen and oxygen atoms in total. The van der Waals surface area contributed by atoms with E-state index in [1.165, 1.54) is 16.2 Å².